The molecule has 1 heteroatoms. The van der Waals surface area contributed by atoms with Crippen molar-refractivity contribution in [2.24, 2.45) is 5.92 Å². The highest BCUT2D eigenvalue weighted by molar-refractivity contribution is 4.88. The van der Waals surface area contributed by atoms with E-state index >= 15 is 0 Å². The van der Waals surface area contributed by atoms with Gasteiger partial charge in [-0.3, -0.25) is 0 Å². The summed E-state index contributed by atoms with van der Waals surface area (Å²) in [5, 5.41) is 9.53. The van der Waals surface area contributed by atoms with Crippen LogP contribution in [0, 0.1) is 5.92 Å². The van der Waals surface area contributed by atoms with E-state index in [1.807, 2.05) is 19.9 Å². The van der Waals surface area contributed by atoms with Gasteiger partial charge in [0.05, 0.1) is 6.10 Å². The molecule has 0 spiro atoms. The van der Waals surface area contributed by atoms with Crippen molar-refractivity contribution in [1.29, 1.82) is 0 Å². The second-order valence-corrected chi connectivity index (χ2v) is 2.95. The molecule has 1 nitrogen and oxygen atoms in total. The summed E-state index contributed by atoms with van der Waals surface area (Å²) in [6, 6.07) is 0. The largest absolute Gasteiger partial charge is 0.393 e. The van der Waals surface area contributed by atoms with Gasteiger partial charge in [0.2, 0.25) is 0 Å². The molecule has 0 aliphatic heterocycles. The lowest BCUT2D eigenvalue weighted by Crippen LogP contribution is -2.16. The van der Waals surface area contributed by atoms with Crippen LogP contribution in [0.3, 0.4) is 0 Å². The minimum atomic E-state index is -0.147. The fourth-order valence-electron chi connectivity index (χ4n) is 1.30. The molecular formula is C10H20O. The first-order chi connectivity index (χ1) is 5.26. The van der Waals surface area contributed by atoms with E-state index in [2.05, 4.69) is 13.0 Å². The fraction of sp³-hybridized carbons (Fsp3) is 0.800. The highest BCUT2D eigenvalue weighted by atomic mass is 16.3. The number of hydrogen-bond acceptors (Lipinski definition) is 1. The Kier molecular flexibility index (Phi) is 6.24. The molecule has 0 saturated heterocycles. The molecule has 0 aromatic rings. The Hall–Kier alpha value is -0.300. The van der Waals surface area contributed by atoms with Gasteiger partial charge in [0.1, 0.15) is 0 Å². The SMILES string of the molecule is C/C=C/C(CCC)C(O)CC. The fourth-order valence-corrected chi connectivity index (χ4v) is 1.30. The highest BCUT2D eigenvalue weighted by Crippen LogP contribution is 2.15. The lowest BCUT2D eigenvalue weighted by Gasteiger charge is -2.17. The molecule has 0 aromatic heterocycles. The molecule has 0 aliphatic carbocycles. The first-order valence-electron chi connectivity index (χ1n) is 4.57. The molecule has 0 aromatic carbocycles. The van der Waals surface area contributed by atoms with Gasteiger partial charge < -0.3 is 5.11 Å². The molecule has 2 unspecified atom stereocenters. The zero-order chi connectivity index (χ0) is 8.69. The summed E-state index contributed by atoms with van der Waals surface area (Å²) in [5.41, 5.74) is 0. The number of rotatable bonds is 5. The molecule has 66 valence electrons. The number of allylic oxidation sites excluding steroid dienone is 1. The van der Waals surface area contributed by atoms with Crippen molar-refractivity contribution in [3.05, 3.63) is 12.2 Å². The smallest absolute Gasteiger partial charge is 0.0600 e. The predicted molar refractivity (Wildman–Crippen MR) is 49.5 cm³/mol. The molecule has 11 heavy (non-hydrogen) atoms. The summed E-state index contributed by atoms with van der Waals surface area (Å²) < 4.78 is 0. The molecule has 0 fully saturated rings. The predicted octanol–water partition coefficient (Wildman–Crippen LogP) is 2.75. The van der Waals surface area contributed by atoms with E-state index in [0.29, 0.717) is 5.92 Å². The number of aliphatic hydroxyl groups excluding tert-OH is 1. The van der Waals surface area contributed by atoms with Crippen LogP contribution in [0.5, 0.6) is 0 Å². The Labute approximate surface area is 70.1 Å². The van der Waals surface area contributed by atoms with Gasteiger partial charge in [-0.2, -0.15) is 0 Å². The summed E-state index contributed by atoms with van der Waals surface area (Å²) in [5.74, 6) is 0.370. The van der Waals surface area contributed by atoms with Crippen molar-refractivity contribution in [1.82, 2.24) is 0 Å². The van der Waals surface area contributed by atoms with Gasteiger partial charge in [0.15, 0.2) is 0 Å². The zero-order valence-electron chi connectivity index (χ0n) is 7.88. The van der Waals surface area contributed by atoms with Gasteiger partial charge in [0, 0.05) is 5.92 Å². The van der Waals surface area contributed by atoms with Crippen LogP contribution < -0.4 is 0 Å². The average molecular weight is 156 g/mol. The minimum absolute atomic E-state index is 0.147. The average Bonchev–Trinajstić information content (AvgIpc) is 2.03. The van der Waals surface area contributed by atoms with Crippen molar-refractivity contribution in [3.63, 3.8) is 0 Å². The Morgan fingerprint density at radius 1 is 1.36 bits per heavy atom. The van der Waals surface area contributed by atoms with Crippen molar-refractivity contribution in [2.45, 2.75) is 46.1 Å². The summed E-state index contributed by atoms with van der Waals surface area (Å²) in [7, 11) is 0. The van der Waals surface area contributed by atoms with E-state index in [-0.39, 0.29) is 6.10 Å². The minimum Gasteiger partial charge on any atom is -0.393 e. The molecule has 0 radical (unpaired) electrons. The number of aliphatic hydroxyl groups is 1. The van der Waals surface area contributed by atoms with Crippen LogP contribution in [0.2, 0.25) is 0 Å². The Morgan fingerprint density at radius 2 is 2.00 bits per heavy atom. The third-order valence-corrected chi connectivity index (χ3v) is 1.97. The normalized spacial score (nSPS) is 17.1. The third kappa shape index (κ3) is 4.20. The molecule has 0 rings (SSSR count). The van der Waals surface area contributed by atoms with Gasteiger partial charge in [-0.15, -0.1) is 0 Å². The van der Waals surface area contributed by atoms with Gasteiger partial charge in [0.25, 0.3) is 0 Å². The van der Waals surface area contributed by atoms with Gasteiger partial charge in [-0.05, 0) is 19.8 Å². The topological polar surface area (TPSA) is 20.2 Å². The van der Waals surface area contributed by atoms with E-state index in [0.717, 1.165) is 19.3 Å². The molecular weight excluding hydrogens is 136 g/mol. The first kappa shape index (κ1) is 10.7. The van der Waals surface area contributed by atoms with Crippen LogP contribution in [-0.2, 0) is 0 Å². The van der Waals surface area contributed by atoms with Crippen LogP contribution in [0.4, 0.5) is 0 Å². The second-order valence-electron chi connectivity index (χ2n) is 2.95. The third-order valence-electron chi connectivity index (χ3n) is 1.97. The first-order valence-corrected chi connectivity index (χ1v) is 4.57. The standard InChI is InChI=1S/C10H20O/c1-4-7-9(8-5-2)10(11)6-3/h4,7,9-11H,5-6,8H2,1-3H3/b7-4+. The zero-order valence-corrected chi connectivity index (χ0v) is 7.88. The molecule has 1 N–H and O–H groups in total. The van der Waals surface area contributed by atoms with Gasteiger partial charge >= 0.3 is 0 Å². The van der Waals surface area contributed by atoms with Crippen LogP contribution >= 0.6 is 0 Å². The Bertz CT molecular complexity index is 107. The van der Waals surface area contributed by atoms with Crippen LogP contribution in [0.25, 0.3) is 0 Å². The van der Waals surface area contributed by atoms with Crippen LogP contribution in [0.15, 0.2) is 12.2 Å². The van der Waals surface area contributed by atoms with Gasteiger partial charge in [-0.25, -0.2) is 0 Å². The highest BCUT2D eigenvalue weighted by Gasteiger charge is 2.12. The van der Waals surface area contributed by atoms with E-state index in [1.54, 1.807) is 0 Å². The molecule has 0 heterocycles. The lowest BCUT2D eigenvalue weighted by molar-refractivity contribution is 0.121. The maximum Gasteiger partial charge on any atom is 0.0600 e. The molecule has 0 saturated carbocycles. The maximum atomic E-state index is 9.53. The Balaban J connectivity index is 3.86. The summed E-state index contributed by atoms with van der Waals surface area (Å²) in [6.45, 7) is 6.18. The second kappa shape index (κ2) is 6.41. The summed E-state index contributed by atoms with van der Waals surface area (Å²) in [4.78, 5) is 0. The summed E-state index contributed by atoms with van der Waals surface area (Å²) in [6.07, 6.45) is 7.09. The molecule has 0 bridgehead atoms. The van der Waals surface area contributed by atoms with Gasteiger partial charge in [-0.1, -0.05) is 32.4 Å². The van der Waals surface area contributed by atoms with Crippen LogP contribution in [-0.4, -0.2) is 11.2 Å². The monoisotopic (exact) mass is 156 g/mol. The van der Waals surface area contributed by atoms with E-state index in [4.69, 9.17) is 0 Å². The van der Waals surface area contributed by atoms with Crippen molar-refractivity contribution >= 4 is 0 Å². The van der Waals surface area contributed by atoms with Crippen molar-refractivity contribution in [2.75, 3.05) is 0 Å². The quantitative estimate of drug-likeness (QED) is 0.607. The Morgan fingerprint density at radius 3 is 2.36 bits per heavy atom. The van der Waals surface area contributed by atoms with Crippen molar-refractivity contribution in [3.8, 4) is 0 Å². The number of hydrogen-bond donors (Lipinski definition) is 1. The molecule has 0 amide bonds. The molecule has 0 aliphatic rings. The van der Waals surface area contributed by atoms with Crippen molar-refractivity contribution < 1.29 is 5.11 Å². The van der Waals surface area contributed by atoms with E-state index in [9.17, 15) is 5.11 Å². The molecule has 2 atom stereocenters. The lowest BCUT2D eigenvalue weighted by atomic mass is 9.95. The maximum absolute atomic E-state index is 9.53. The van der Waals surface area contributed by atoms with E-state index < -0.39 is 0 Å². The summed E-state index contributed by atoms with van der Waals surface area (Å²) >= 11 is 0. The van der Waals surface area contributed by atoms with Crippen LogP contribution in [0.1, 0.15) is 40.0 Å². The van der Waals surface area contributed by atoms with E-state index in [1.165, 1.54) is 0 Å².